The molecule has 0 radical (unpaired) electrons. The van der Waals surface area contributed by atoms with Gasteiger partial charge in [-0.3, -0.25) is 14.9 Å². The molecule has 0 fully saturated rings. The van der Waals surface area contributed by atoms with Crippen molar-refractivity contribution >= 4 is 27.8 Å². The van der Waals surface area contributed by atoms with Crippen molar-refractivity contribution in [1.82, 2.24) is 9.97 Å². The summed E-state index contributed by atoms with van der Waals surface area (Å²) in [5, 5.41) is 13.5. The molecule has 0 saturated carbocycles. The van der Waals surface area contributed by atoms with Gasteiger partial charge in [-0.2, -0.15) is 0 Å². The van der Waals surface area contributed by atoms with Gasteiger partial charge in [0.05, 0.1) is 18.4 Å². The summed E-state index contributed by atoms with van der Waals surface area (Å²) in [6, 6.07) is 15.3. The highest BCUT2D eigenvalue weighted by atomic mass is 16.6. The summed E-state index contributed by atoms with van der Waals surface area (Å²) < 4.78 is 5.72. The van der Waals surface area contributed by atoms with Gasteiger partial charge in [-0.25, -0.2) is 0 Å². The van der Waals surface area contributed by atoms with Crippen molar-refractivity contribution in [3.63, 3.8) is 0 Å². The number of nitrogens with zero attached hydrogens (tertiary/aromatic N) is 1. The second kappa shape index (κ2) is 9.26. The van der Waals surface area contributed by atoms with E-state index in [0.29, 0.717) is 5.56 Å². The van der Waals surface area contributed by atoms with E-state index in [1.54, 1.807) is 12.4 Å². The van der Waals surface area contributed by atoms with Crippen LogP contribution in [0.5, 0.6) is 0 Å². The van der Waals surface area contributed by atoms with Crippen LogP contribution in [0.15, 0.2) is 60.9 Å². The number of nitro groups is 1. The zero-order chi connectivity index (χ0) is 22.7. The molecular weight excluding hydrogens is 406 g/mol. The molecule has 2 heterocycles. The largest absolute Gasteiger partial charge is 0.465 e. The molecule has 0 amide bonds. The lowest BCUT2D eigenvalue weighted by Crippen LogP contribution is -2.28. The van der Waals surface area contributed by atoms with E-state index in [0.717, 1.165) is 33.8 Å². The number of carbonyl (C=O) groups excluding carboxylic acids is 1. The molecule has 2 aromatic carbocycles. The number of nitrogens with one attached hydrogen (secondary N) is 2. The number of H-pyrrole nitrogens is 2. The molecule has 0 aliphatic rings. The highest BCUT2D eigenvalue weighted by molar-refractivity contribution is 5.92. The van der Waals surface area contributed by atoms with E-state index < -0.39 is 17.8 Å². The minimum Gasteiger partial charge on any atom is -0.465 e. The number of hydrogen-bond acceptors (Lipinski definition) is 4. The molecule has 2 N–H and O–H groups in total. The standard InChI is InChI=1S/C25H27N3O4/c1-3-16(2)15-32-25(29)24(20-13-27-23-11-7-5-9-18(20)23)21(14-28(30)31)19-12-26-22-10-6-4-8-17(19)22/h4-13,16,21,24,26-27H,3,14-15H2,1-2H3/t16-,21?,24?/m0/s1. The highest BCUT2D eigenvalue weighted by Crippen LogP contribution is 2.40. The van der Waals surface area contributed by atoms with Crippen LogP contribution in [0, 0.1) is 16.0 Å². The zero-order valence-electron chi connectivity index (χ0n) is 18.2. The van der Waals surface area contributed by atoms with Crippen LogP contribution in [0.3, 0.4) is 0 Å². The number of aromatic amines is 2. The van der Waals surface area contributed by atoms with Gasteiger partial charge in [0.2, 0.25) is 6.54 Å². The lowest BCUT2D eigenvalue weighted by Gasteiger charge is -2.24. The van der Waals surface area contributed by atoms with Crippen molar-refractivity contribution in [2.75, 3.05) is 13.2 Å². The Morgan fingerprint density at radius 1 is 1.00 bits per heavy atom. The molecule has 4 aromatic rings. The normalized spacial score (nSPS) is 14.3. The van der Waals surface area contributed by atoms with Crippen LogP contribution in [0.1, 0.15) is 43.2 Å². The summed E-state index contributed by atoms with van der Waals surface area (Å²) in [4.78, 5) is 31.3. The van der Waals surface area contributed by atoms with Crippen LogP contribution in [-0.2, 0) is 9.53 Å². The minimum atomic E-state index is -0.820. The second-order valence-corrected chi connectivity index (χ2v) is 8.32. The number of esters is 1. The van der Waals surface area contributed by atoms with E-state index in [4.69, 9.17) is 4.74 Å². The van der Waals surface area contributed by atoms with Gasteiger partial charge in [0.1, 0.15) is 0 Å². The number of hydrogen-bond donors (Lipinski definition) is 2. The summed E-state index contributed by atoms with van der Waals surface area (Å²) in [6.45, 7) is 3.96. The Bertz CT molecular complexity index is 1240. The van der Waals surface area contributed by atoms with Gasteiger partial charge in [-0.05, 0) is 29.2 Å². The fourth-order valence-corrected chi connectivity index (χ4v) is 4.24. The third kappa shape index (κ3) is 4.23. The molecule has 0 aliphatic carbocycles. The van der Waals surface area contributed by atoms with E-state index >= 15 is 0 Å². The number of carbonyl (C=O) groups is 1. The number of rotatable bonds is 9. The Balaban J connectivity index is 1.85. The summed E-state index contributed by atoms with van der Waals surface area (Å²) in [5.74, 6) is -1.73. The predicted molar refractivity (Wildman–Crippen MR) is 124 cm³/mol. The number of benzene rings is 2. The molecule has 4 rings (SSSR count). The van der Waals surface area contributed by atoms with Gasteiger partial charge < -0.3 is 14.7 Å². The van der Waals surface area contributed by atoms with Crippen LogP contribution in [0.4, 0.5) is 0 Å². The van der Waals surface area contributed by atoms with Gasteiger partial charge in [0.15, 0.2) is 0 Å². The Labute approximate surface area is 185 Å². The summed E-state index contributed by atoms with van der Waals surface area (Å²) in [7, 11) is 0. The van der Waals surface area contributed by atoms with Crippen molar-refractivity contribution in [1.29, 1.82) is 0 Å². The maximum atomic E-state index is 13.5. The van der Waals surface area contributed by atoms with Crippen LogP contribution >= 0.6 is 0 Å². The fraction of sp³-hybridized carbons (Fsp3) is 0.320. The molecule has 2 unspecified atom stereocenters. The molecule has 0 bridgehead atoms. The van der Waals surface area contributed by atoms with Gasteiger partial charge in [-0.15, -0.1) is 0 Å². The second-order valence-electron chi connectivity index (χ2n) is 8.32. The molecule has 7 nitrogen and oxygen atoms in total. The zero-order valence-corrected chi connectivity index (χ0v) is 18.2. The third-order valence-electron chi connectivity index (χ3n) is 6.19. The monoisotopic (exact) mass is 433 g/mol. The van der Waals surface area contributed by atoms with Crippen LogP contribution in [-0.4, -0.2) is 34.0 Å². The number of ether oxygens (including phenoxy) is 1. The van der Waals surface area contributed by atoms with Gasteiger partial charge >= 0.3 is 5.97 Å². The van der Waals surface area contributed by atoms with E-state index in [1.807, 2.05) is 62.4 Å². The number of aromatic nitrogens is 2. The molecule has 2 aromatic heterocycles. The average molecular weight is 434 g/mol. The van der Waals surface area contributed by atoms with Crippen molar-refractivity contribution < 1.29 is 14.5 Å². The molecule has 3 atom stereocenters. The average Bonchev–Trinajstić information content (AvgIpc) is 3.41. The van der Waals surface area contributed by atoms with E-state index in [1.165, 1.54) is 0 Å². The van der Waals surface area contributed by atoms with Gasteiger partial charge in [-0.1, -0.05) is 56.7 Å². The first-order valence-corrected chi connectivity index (χ1v) is 10.9. The van der Waals surface area contributed by atoms with Gasteiger partial charge in [0.25, 0.3) is 0 Å². The smallest absolute Gasteiger partial charge is 0.314 e. The van der Waals surface area contributed by atoms with E-state index in [-0.39, 0.29) is 24.0 Å². The van der Waals surface area contributed by atoms with E-state index in [2.05, 4.69) is 9.97 Å². The Morgan fingerprint density at radius 2 is 1.56 bits per heavy atom. The number of para-hydroxylation sites is 2. The van der Waals surface area contributed by atoms with Crippen LogP contribution in [0.25, 0.3) is 21.8 Å². The van der Waals surface area contributed by atoms with Crippen molar-refractivity contribution in [3.8, 4) is 0 Å². The Morgan fingerprint density at radius 3 is 2.16 bits per heavy atom. The molecule has 32 heavy (non-hydrogen) atoms. The molecule has 0 aliphatic heterocycles. The quantitative estimate of drug-likeness (QED) is 0.210. The van der Waals surface area contributed by atoms with E-state index in [9.17, 15) is 14.9 Å². The minimum absolute atomic E-state index is 0.213. The molecular formula is C25H27N3O4. The Hall–Kier alpha value is -3.61. The molecule has 166 valence electrons. The summed E-state index contributed by atoms with van der Waals surface area (Å²) >= 11 is 0. The molecule has 7 heteroatoms. The van der Waals surface area contributed by atoms with Crippen molar-refractivity contribution in [3.05, 3.63) is 82.2 Å². The maximum absolute atomic E-state index is 13.5. The summed E-state index contributed by atoms with van der Waals surface area (Å²) in [5.41, 5.74) is 3.21. The fourth-order valence-electron chi connectivity index (χ4n) is 4.24. The number of fused-ring (bicyclic) bond motifs is 2. The highest BCUT2D eigenvalue weighted by Gasteiger charge is 2.38. The first kappa shape index (κ1) is 21.6. The summed E-state index contributed by atoms with van der Waals surface area (Å²) in [6.07, 6.45) is 4.44. The van der Waals surface area contributed by atoms with Crippen LogP contribution in [0.2, 0.25) is 0 Å². The van der Waals surface area contributed by atoms with Crippen molar-refractivity contribution in [2.45, 2.75) is 32.1 Å². The first-order chi connectivity index (χ1) is 15.5. The lowest BCUT2D eigenvalue weighted by molar-refractivity contribution is -0.483. The topological polar surface area (TPSA) is 101 Å². The van der Waals surface area contributed by atoms with Crippen LogP contribution < -0.4 is 0 Å². The third-order valence-corrected chi connectivity index (χ3v) is 6.19. The molecule has 0 saturated heterocycles. The Kier molecular flexibility index (Phi) is 6.25. The predicted octanol–water partition coefficient (Wildman–Crippen LogP) is 5.38. The maximum Gasteiger partial charge on any atom is 0.314 e. The lowest BCUT2D eigenvalue weighted by atomic mass is 9.81. The van der Waals surface area contributed by atoms with Gasteiger partial charge in [0, 0.05) is 39.1 Å². The first-order valence-electron chi connectivity index (χ1n) is 10.9. The molecule has 0 spiro atoms. The van der Waals surface area contributed by atoms with Crippen molar-refractivity contribution in [2.24, 2.45) is 5.92 Å². The SMILES string of the molecule is CC[C@H](C)COC(=O)C(c1c[nH]c2ccccc12)C(C[N+](=O)[O-])c1c[nH]c2ccccc12.